The zero-order valence-corrected chi connectivity index (χ0v) is 17.3. The molecule has 4 nitrogen and oxygen atoms in total. The fourth-order valence-electron chi connectivity index (χ4n) is 5.81. The van der Waals surface area contributed by atoms with Crippen molar-refractivity contribution in [1.29, 1.82) is 0 Å². The number of benzene rings is 1. The van der Waals surface area contributed by atoms with Crippen LogP contribution >= 0.6 is 0 Å². The Morgan fingerprint density at radius 1 is 0.931 bits per heavy atom. The fraction of sp³-hybridized carbons (Fsp3) is 0.520. The number of hydrogen-bond donors (Lipinski definition) is 0. The lowest BCUT2D eigenvalue weighted by molar-refractivity contribution is -0.139. The molecule has 1 aromatic heterocycles. The van der Waals surface area contributed by atoms with Crippen LogP contribution < -0.4 is 5.56 Å². The summed E-state index contributed by atoms with van der Waals surface area (Å²) in [6.45, 7) is 4.38. The highest BCUT2D eigenvalue weighted by molar-refractivity contribution is 5.79. The number of rotatable bonds is 2. The summed E-state index contributed by atoms with van der Waals surface area (Å²) >= 11 is 0. The maximum absolute atomic E-state index is 13.3. The topological polar surface area (TPSA) is 42.3 Å². The minimum atomic E-state index is 0.124. The fourth-order valence-corrected chi connectivity index (χ4v) is 5.81. The van der Waals surface area contributed by atoms with Gasteiger partial charge in [0.15, 0.2) is 0 Å². The Balaban J connectivity index is 1.44. The molecule has 0 unspecified atom stereocenters. The Labute approximate surface area is 172 Å². The van der Waals surface area contributed by atoms with Gasteiger partial charge < -0.3 is 9.47 Å². The molecule has 0 radical (unpaired) electrons. The van der Waals surface area contributed by atoms with Crippen LogP contribution in [0.4, 0.5) is 0 Å². The minimum absolute atomic E-state index is 0.124. The normalized spacial score (nSPS) is 24.2. The number of aromatic nitrogens is 1. The molecule has 0 N–H and O–H groups in total. The average Bonchev–Trinajstić information content (AvgIpc) is 2.75. The average molecular weight is 391 g/mol. The van der Waals surface area contributed by atoms with Gasteiger partial charge in [-0.2, -0.15) is 0 Å². The molecule has 1 saturated heterocycles. The first kappa shape index (κ1) is 18.7. The van der Waals surface area contributed by atoms with Crippen LogP contribution in [-0.4, -0.2) is 28.5 Å². The van der Waals surface area contributed by atoms with Gasteiger partial charge in [-0.3, -0.25) is 9.59 Å². The van der Waals surface area contributed by atoms with Crippen molar-refractivity contribution >= 4 is 5.91 Å². The second-order valence-corrected chi connectivity index (χ2v) is 9.28. The molecular formula is C25H30N2O2. The van der Waals surface area contributed by atoms with E-state index in [1.807, 2.05) is 28.8 Å². The van der Waals surface area contributed by atoms with Gasteiger partial charge in [-0.1, -0.05) is 43.5 Å². The molecule has 5 rings (SSSR count). The van der Waals surface area contributed by atoms with Crippen molar-refractivity contribution in [1.82, 2.24) is 9.47 Å². The lowest BCUT2D eigenvalue weighted by Crippen LogP contribution is -2.50. The van der Waals surface area contributed by atoms with E-state index in [9.17, 15) is 9.59 Å². The van der Waals surface area contributed by atoms with E-state index in [2.05, 4.69) is 24.0 Å². The molecule has 152 valence electrons. The van der Waals surface area contributed by atoms with E-state index in [0.29, 0.717) is 11.8 Å². The van der Waals surface area contributed by atoms with Gasteiger partial charge >= 0.3 is 0 Å². The summed E-state index contributed by atoms with van der Waals surface area (Å²) in [7, 11) is 0. The van der Waals surface area contributed by atoms with Gasteiger partial charge in [0.05, 0.1) is 0 Å². The molecule has 2 fully saturated rings. The van der Waals surface area contributed by atoms with E-state index < -0.39 is 0 Å². The Bertz CT molecular complexity index is 987. The molecule has 3 heterocycles. The number of hydrogen-bond acceptors (Lipinski definition) is 2. The third-order valence-electron chi connectivity index (χ3n) is 7.31. The predicted molar refractivity (Wildman–Crippen MR) is 115 cm³/mol. The molecule has 3 aliphatic rings. The summed E-state index contributed by atoms with van der Waals surface area (Å²) in [5.74, 6) is 1.27. The Morgan fingerprint density at radius 2 is 1.72 bits per heavy atom. The van der Waals surface area contributed by atoms with Crippen LogP contribution in [0.5, 0.6) is 0 Å². The molecule has 2 bridgehead atoms. The van der Waals surface area contributed by atoms with Gasteiger partial charge in [0.1, 0.15) is 0 Å². The molecule has 1 aliphatic carbocycles. The van der Waals surface area contributed by atoms with Crippen molar-refractivity contribution in [3.8, 4) is 11.1 Å². The Kier molecular flexibility index (Phi) is 4.81. The van der Waals surface area contributed by atoms with Crippen LogP contribution in [0.25, 0.3) is 11.1 Å². The Morgan fingerprint density at radius 3 is 2.52 bits per heavy atom. The summed E-state index contributed by atoms with van der Waals surface area (Å²) in [6, 6.07) is 12.2. The first-order valence-corrected chi connectivity index (χ1v) is 11.2. The first-order valence-electron chi connectivity index (χ1n) is 11.2. The van der Waals surface area contributed by atoms with E-state index in [4.69, 9.17) is 0 Å². The van der Waals surface area contributed by atoms with Crippen molar-refractivity contribution in [3.05, 3.63) is 58.0 Å². The summed E-state index contributed by atoms with van der Waals surface area (Å²) in [4.78, 5) is 28.6. The maximum Gasteiger partial charge on any atom is 0.258 e. The van der Waals surface area contributed by atoms with Crippen molar-refractivity contribution in [2.45, 2.75) is 57.9 Å². The Hall–Kier alpha value is -2.36. The number of fused-ring (bicyclic) bond motifs is 4. The van der Waals surface area contributed by atoms with E-state index in [-0.39, 0.29) is 17.4 Å². The molecule has 2 aromatic rings. The smallest absolute Gasteiger partial charge is 0.258 e. The number of aryl methyl sites for hydroxylation is 1. The summed E-state index contributed by atoms with van der Waals surface area (Å²) in [5, 5.41) is 0. The minimum Gasteiger partial charge on any atom is -0.341 e. The van der Waals surface area contributed by atoms with E-state index >= 15 is 0 Å². The van der Waals surface area contributed by atoms with E-state index in [1.54, 1.807) is 0 Å². The molecular weight excluding hydrogens is 360 g/mol. The van der Waals surface area contributed by atoms with Gasteiger partial charge in [-0.25, -0.2) is 0 Å². The highest BCUT2D eigenvalue weighted by Crippen LogP contribution is 2.37. The van der Waals surface area contributed by atoms with Gasteiger partial charge in [0, 0.05) is 42.7 Å². The van der Waals surface area contributed by atoms with Crippen LogP contribution in [0, 0.1) is 18.8 Å². The third-order valence-corrected chi connectivity index (χ3v) is 7.31. The monoisotopic (exact) mass is 390 g/mol. The number of carbonyl (C=O) groups excluding carboxylic acids is 1. The molecule has 2 aliphatic heterocycles. The van der Waals surface area contributed by atoms with Crippen LogP contribution in [-0.2, 0) is 11.3 Å². The molecule has 4 heteroatoms. The van der Waals surface area contributed by atoms with Crippen molar-refractivity contribution in [3.63, 3.8) is 0 Å². The van der Waals surface area contributed by atoms with Crippen molar-refractivity contribution in [2.75, 3.05) is 13.1 Å². The molecule has 2 atom stereocenters. The highest BCUT2D eigenvalue weighted by atomic mass is 16.2. The summed E-state index contributed by atoms with van der Waals surface area (Å²) < 4.78 is 2.00. The summed E-state index contributed by atoms with van der Waals surface area (Å²) in [6.07, 6.45) is 6.86. The second kappa shape index (κ2) is 7.47. The second-order valence-electron chi connectivity index (χ2n) is 9.28. The highest BCUT2D eigenvalue weighted by Gasteiger charge is 2.38. The van der Waals surface area contributed by atoms with Gasteiger partial charge in [-0.05, 0) is 55.4 Å². The number of pyridine rings is 1. The summed E-state index contributed by atoms with van der Waals surface area (Å²) in [5.41, 5.74) is 4.19. The van der Waals surface area contributed by atoms with Crippen LogP contribution in [0.15, 0.2) is 41.2 Å². The van der Waals surface area contributed by atoms with Crippen LogP contribution in [0.2, 0.25) is 0 Å². The quantitative estimate of drug-likeness (QED) is 0.765. The van der Waals surface area contributed by atoms with Gasteiger partial charge in [0.2, 0.25) is 5.91 Å². The predicted octanol–water partition coefficient (Wildman–Crippen LogP) is 4.35. The van der Waals surface area contributed by atoms with Gasteiger partial charge in [-0.15, -0.1) is 0 Å². The zero-order valence-electron chi connectivity index (χ0n) is 17.3. The van der Waals surface area contributed by atoms with Gasteiger partial charge in [0.25, 0.3) is 5.56 Å². The van der Waals surface area contributed by atoms with Crippen molar-refractivity contribution in [2.24, 2.45) is 11.8 Å². The van der Waals surface area contributed by atoms with Crippen molar-refractivity contribution < 1.29 is 4.79 Å². The third kappa shape index (κ3) is 3.33. The number of nitrogens with zero attached hydrogens (tertiary/aromatic N) is 2. The SMILES string of the molecule is Cc1ccccc1-c1ccc2n(c1=O)C[C@@H]1C[C@@H]2CN(C(=O)C2CCCCC2)C1. The zero-order chi connectivity index (χ0) is 20.0. The van der Waals surface area contributed by atoms with Crippen LogP contribution in [0.1, 0.15) is 55.7 Å². The molecule has 1 aromatic carbocycles. The number of carbonyl (C=O) groups is 1. The maximum atomic E-state index is 13.3. The first-order chi connectivity index (χ1) is 14.1. The molecule has 29 heavy (non-hydrogen) atoms. The lowest BCUT2D eigenvalue weighted by atomic mass is 9.81. The molecule has 1 amide bonds. The molecule has 1 saturated carbocycles. The largest absolute Gasteiger partial charge is 0.341 e. The lowest BCUT2D eigenvalue weighted by Gasteiger charge is -2.44. The number of likely N-dealkylation sites (tertiary alicyclic amines) is 1. The van der Waals surface area contributed by atoms with E-state index in [1.165, 1.54) is 19.3 Å². The standard InChI is InChI=1S/C25H30N2O2/c1-17-7-5-6-10-21(17)22-11-12-23-20-13-18(15-27(23)25(22)29)14-26(16-20)24(28)19-8-3-2-4-9-19/h5-7,10-12,18-20H,2-4,8-9,13-16H2,1H3/t18-,20-/m1/s1. The van der Waals surface area contributed by atoms with E-state index in [0.717, 1.165) is 61.3 Å². The number of amides is 1. The van der Waals surface area contributed by atoms with Crippen LogP contribution in [0.3, 0.4) is 0 Å². The molecule has 0 spiro atoms. The number of piperidine rings is 1.